The molecule has 0 saturated carbocycles. The van der Waals surface area contributed by atoms with E-state index >= 15 is 0 Å². The van der Waals surface area contributed by atoms with Crippen LogP contribution >= 0.6 is 38.5 Å². The molecule has 2 aromatic carbocycles. The van der Waals surface area contributed by atoms with Gasteiger partial charge in [0.25, 0.3) is 0 Å². The van der Waals surface area contributed by atoms with Crippen LogP contribution in [0.1, 0.15) is 16.1 Å². The number of furan rings is 1. The molecule has 1 amide bonds. The van der Waals surface area contributed by atoms with Gasteiger partial charge in [0.15, 0.2) is 5.76 Å². The molecule has 0 aliphatic rings. The maximum atomic E-state index is 12.3. The van der Waals surface area contributed by atoms with Crippen molar-refractivity contribution in [2.75, 3.05) is 0 Å². The van der Waals surface area contributed by atoms with Gasteiger partial charge >= 0.3 is 5.91 Å². The van der Waals surface area contributed by atoms with Crippen LogP contribution in [-0.4, -0.2) is 17.1 Å². The van der Waals surface area contributed by atoms with Crippen LogP contribution in [0.3, 0.4) is 0 Å². The second-order valence-corrected chi connectivity index (χ2v) is 7.48. The number of H-pyrrole nitrogens is 1. The number of aromatic amines is 1. The van der Waals surface area contributed by atoms with Crippen LogP contribution in [0.4, 0.5) is 0 Å². The van der Waals surface area contributed by atoms with E-state index in [-0.39, 0.29) is 11.7 Å². The molecule has 25 heavy (non-hydrogen) atoms. The van der Waals surface area contributed by atoms with E-state index in [1.54, 1.807) is 12.3 Å². The van der Waals surface area contributed by atoms with E-state index in [0.29, 0.717) is 5.58 Å². The highest BCUT2D eigenvalue weighted by Crippen LogP contribution is 2.28. The van der Waals surface area contributed by atoms with Crippen molar-refractivity contribution in [1.29, 1.82) is 0 Å². The smallest absolute Gasteiger partial charge is 0.307 e. The molecule has 7 heteroatoms. The van der Waals surface area contributed by atoms with Gasteiger partial charge < -0.3 is 9.40 Å². The first-order chi connectivity index (χ1) is 12.1. The van der Waals surface area contributed by atoms with E-state index in [1.807, 2.05) is 42.6 Å². The summed E-state index contributed by atoms with van der Waals surface area (Å²) in [5.41, 5.74) is 5.12. The lowest BCUT2D eigenvalue weighted by molar-refractivity contribution is 0.0929. The summed E-state index contributed by atoms with van der Waals surface area (Å²) in [6, 6.07) is 13.4. The fourth-order valence-electron chi connectivity index (χ4n) is 2.60. The summed E-state index contributed by atoms with van der Waals surface area (Å²) in [4.78, 5) is 15.4. The van der Waals surface area contributed by atoms with Gasteiger partial charge in [0, 0.05) is 32.5 Å². The Balaban J connectivity index is 1.55. The first-order valence-electron chi connectivity index (χ1n) is 7.40. The zero-order chi connectivity index (χ0) is 17.4. The maximum Gasteiger partial charge on any atom is 0.307 e. The Bertz CT molecular complexity index is 1130. The van der Waals surface area contributed by atoms with Gasteiger partial charge in [0.2, 0.25) is 0 Å². The highest BCUT2D eigenvalue weighted by molar-refractivity contribution is 14.1. The standard InChI is InChI=1S/C18H11BrIN3O2/c19-12-5-10-6-16(25-17(10)14(20)7-12)18(24)23-22-9-11-8-21-15-4-2-1-3-13(11)15/h1-9,21H,(H,23,24)/b22-9-. The van der Waals surface area contributed by atoms with Crippen molar-refractivity contribution in [3.05, 3.63) is 68.0 Å². The molecule has 0 atom stereocenters. The number of carbonyl (C=O) groups excluding carboxylic acids is 1. The van der Waals surface area contributed by atoms with Gasteiger partial charge in [-0.15, -0.1) is 0 Å². The number of aromatic nitrogens is 1. The van der Waals surface area contributed by atoms with Crippen molar-refractivity contribution in [1.82, 2.24) is 10.4 Å². The Kier molecular flexibility index (Phi) is 4.34. The monoisotopic (exact) mass is 507 g/mol. The van der Waals surface area contributed by atoms with E-state index in [2.05, 4.69) is 54.0 Å². The predicted molar refractivity (Wildman–Crippen MR) is 110 cm³/mol. The second kappa shape index (κ2) is 6.64. The number of rotatable bonds is 3. The molecule has 0 radical (unpaired) electrons. The number of halogens is 2. The van der Waals surface area contributed by atoms with Crippen molar-refractivity contribution in [3.63, 3.8) is 0 Å². The summed E-state index contributed by atoms with van der Waals surface area (Å²) in [6.45, 7) is 0. The molecule has 0 fully saturated rings. The Hall–Kier alpha value is -2.13. The number of carbonyl (C=O) groups is 1. The summed E-state index contributed by atoms with van der Waals surface area (Å²) in [5.74, 6) is -0.165. The van der Waals surface area contributed by atoms with E-state index < -0.39 is 0 Å². The molecule has 4 rings (SSSR count). The number of benzene rings is 2. The minimum atomic E-state index is -0.390. The van der Waals surface area contributed by atoms with Crippen molar-refractivity contribution < 1.29 is 9.21 Å². The Labute approximate surface area is 164 Å². The minimum Gasteiger partial charge on any atom is -0.450 e. The summed E-state index contributed by atoms with van der Waals surface area (Å²) < 4.78 is 7.53. The molecule has 0 aliphatic heterocycles. The third kappa shape index (κ3) is 3.21. The molecule has 0 aliphatic carbocycles. The van der Waals surface area contributed by atoms with Crippen molar-refractivity contribution in [2.45, 2.75) is 0 Å². The van der Waals surface area contributed by atoms with Crippen LogP contribution in [0.25, 0.3) is 21.9 Å². The number of amides is 1. The average Bonchev–Trinajstić information content (AvgIpc) is 3.19. The zero-order valence-corrected chi connectivity index (χ0v) is 16.5. The fraction of sp³-hybridized carbons (Fsp3) is 0. The molecule has 0 bridgehead atoms. The van der Waals surface area contributed by atoms with Gasteiger partial charge in [0.05, 0.1) is 9.78 Å². The molecule has 2 heterocycles. The summed E-state index contributed by atoms with van der Waals surface area (Å²) >= 11 is 5.62. The Morgan fingerprint density at radius 2 is 2.12 bits per heavy atom. The van der Waals surface area contributed by atoms with Crippen LogP contribution < -0.4 is 5.43 Å². The highest BCUT2D eigenvalue weighted by atomic mass is 127. The largest absolute Gasteiger partial charge is 0.450 e. The average molecular weight is 508 g/mol. The van der Waals surface area contributed by atoms with Gasteiger partial charge in [-0.05, 0) is 46.9 Å². The first-order valence-corrected chi connectivity index (χ1v) is 9.27. The fourth-order valence-corrected chi connectivity index (χ4v) is 4.26. The molecular formula is C18H11BrIN3O2. The third-order valence-electron chi connectivity index (χ3n) is 3.75. The lowest BCUT2D eigenvalue weighted by Crippen LogP contribution is -2.16. The highest BCUT2D eigenvalue weighted by Gasteiger charge is 2.14. The minimum absolute atomic E-state index is 0.224. The van der Waals surface area contributed by atoms with Gasteiger partial charge in [-0.3, -0.25) is 4.79 Å². The Morgan fingerprint density at radius 1 is 1.28 bits per heavy atom. The molecule has 5 nitrogen and oxygen atoms in total. The first kappa shape index (κ1) is 16.3. The molecule has 4 aromatic rings. The number of fused-ring (bicyclic) bond motifs is 2. The number of hydrogen-bond acceptors (Lipinski definition) is 3. The van der Waals surface area contributed by atoms with Crippen molar-refractivity contribution in [3.8, 4) is 0 Å². The number of hydrazone groups is 1. The molecule has 0 unspecified atom stereocenters. The van der Waals surface area contributed by atoms with Crippen LogP contribution in [0, 0.1) is 3.57 Å². The third-order valence-corrected chi connectivity index (χ3v) is 5.01. The number of nitrogens with one attached hydrogen (secondary N) is 2. The van der Waals surface area contributed by atoms with Crippen LogP contribution in [-0.2, 0) is 0 Å². The van der Waals surface area contributed by atoms with Gasteiger partial charge in [-0.25, -0.2) is 5.43 Å². The lowest BCUT2D eigenvalue weighted by Gasteiger charge is -1.95. The summed E-state index contributed by atoms with van der Waals surface area (Å²) in [5, 5.41) is 5.95. The van der Waals surface area contributed by atoms with Crippen LogP contribution in [0.2, 0.25) is 0 Å². The topological polar surface area (TPSA) is 70.4 Å². The molecule has 2 N–H and O–H groups in total. The second-order valence-electron chi connectivity index (χ2n) is 5.41. The van der Waals surface area contributed by atoms with Crippen molar-refractivity contribution in [2.24, 2.45) is 5.10 Å². The molecule has 0 spiro atoms. The SMILES string of the molecule is O=C(N/N=C\c1c[nH]c2ccccc12)c1cc2cc(Br)cc(I)c2o1. The van der Waals surface area contributed by atoms with Crippen LogP contribution in [0.5, 0.6) is 0 Å². The molecular weight excluding hydrogens is 497 g/mol. The molecule has 2 aromatic heterocycles. The quantitative estimate of drug-likeness (QED) is 0.231. The van der Waals surface area contributed by atoms with E-state index in [0.717, 1.165) is 29.9 Å². The number of hydrogen-bond donors (Lipinski definition) is 2. The summed E-state index contributed by atoms with van der Waals surface area (Å²) in [7, 11) is 0. The lowest BCUT2D eigenvalue weighted by atomic mass is 10.2. The van der Waals surface area contributed by atoms with Gasteiger partial charge in [-0.2, -0.15) is 5.10 Å². The Morgan fingerprint density at radius 3 is 3.00 bits per heavy atom. The molecule has 0 saturated heterocycles. The predicted octanol–water partition coefficient (Wildman–Crippen LogP) is 5.05. The van der Waals surface area contributed by atoms with E-state index in [9.17, 15) is 4.79 Å². The summed E-state index contributed by atoms with van der Waals surface area (Å²) in [6.07, 6.45) is 3.46. The number of para-hydroxylation sites is 1. The maximum absolute atomic E-state index is 12.3. The molecule has 124 valence electrons. The van der Waals surface area contributed by atoms with Gasteiger partial charge in [0.1, 0.15) is 5.58 Å². The number of nitrogens with zero attached hydrogens (tertiary/aromatic N) is 1. The van der Waals surface area contributed by atoms with E-state index in [4.69, 9.17) is 4.42 Å². The zero-order valence-electron chi connectivity index (χ0n) is 12.7. The van der Waals surface area contributed by atoms with Crippen LogP contribution in [0.15, 0.2) is 62.7 Å². The normalized spacial score (nSPS) is 11.6. The van der Waals surface area contributed by atoms with Gasteiger partial charge in [-0.1, -0.05) is 34.1 Å². The van der Waals surface area contributed by atoms with E-state index in [1.165, 1.54) is 0 Å². The van der Waals surface area contributed by atoms with Crippen molar-refractivity contribution >= 4 is 72.5 Å².